The lowest BCUT2D eigenvalue weighted by molar-refractivity contribution is -0.111. The lowest BCUT2D eigenvalue weighted by atomic mass is 9.84. The van der Waals surface area contributed by atoms with Crippen LogP contribution in [0.15, 0.2) is 80.9 Å². The Morgan fingerprint density at radius 3 is 2.51 bits per heavy atom. The van der Waals surface area contributed by atoms with Gasteiger partial charge in [0.15, 0.2) is 11.5 Å². The molecule has 1 N–H and O–H groups in total. The van der Waals surface area contributed by atoms with E-state index in [1.165, 1.54) is 28.8 Å². The van der Waals surface area contributed by atoms with Crippen LogP contribution in [0.4, 0.5) is 0 Å². The fraction of sp³-hybridized carbons (Fsp3) is 0.172. The molecule has 2 unspecified atom stereocenters. The number of rotatable bonds is 3. The van der Waals surface area contributed by atoms with Crippen LogP contribution in [-0.2, 0) is 34.2 Å². The van der Waals surface area contributed by atoms with Gasteiger partial charge in [0, 0.05) is 18.3 Å². The Hall–Kier alpha value is -4.41. The molecular weight excluding hydrogens is 514 g/mol. The van der Waals surface area contributed by atoms with Gasteiger partial charge in [-0.15, -0.1) is 0 Å². The molecule has 0 fully saturated rings. The first-order valence-electron chi connectivity index (χ1n) is 12.4. The number of hydrogen-bond acceptors (Lipinski definition) is 7. The van der Waals surface area contributed by atoms with Gasteiger partial charge in [0.25, 0.3) is 10.1 Å². The van der Waals surface area contributed by atoms with Gasteiger partial charge in [0.1, 0.15) is 12.7 Å². The summed E-state index contributed by atoms with van der Waals surface area (Å²) in [4.78, 5) is 29.4. The minimum absolute atomic E-state index is 0.238. The Balaban J connectivity index is 0.000000231. The van der Waals surface area contributed by atoms with Gasteiger partial charge in [0.2, 0.25) is 0 Å². The van der Waals surface area contributed by atoms with E-state index in [1.807, 2.05) is 24.3 Å². The Labute approximate surface area is 224 Å². The third-order valence-electron chi connectivity index (χ3n) is 7.19. The lowest BCUT2D eigenvalue weighted by Crippen LogP contribution is -2.38. The fourth-order valence-electron chi connectivity index (χ4n) is 5.35. The summed E-state index contributed by atoms with van der Waals surface area (Å²) in [5.74, 6) is -0.324. The summed E-state index contributed by atoms with van der Waals surface area (Å²) in [6.45, 7) is 0. The summed E-state index contributed by atoms with van der Waals surface area (Å²) < 4.78 is 34.2. The highest BCUT2D eigenvalue weighted by Crippen LogP contribution is 2.27. The third-order valence-corrected chi connectivity index (χ3v) is 8.48. The SMILES string of the molecule is O=C1N=CN=C2N=CN=C12.O=S(=O)(O)C1Cc2ccc3c4c(ccc3c2=CC1Cc1cccnc1)CC=CC=4. The maximum atomic E-state index is 12.2. The van der Waals surface area contributed by atoms with Crippen molar-refractivity contribution in [1.29, 1.82) is 0 Å². The van der Waals surface area contributed by atoms with E-state index in [4.69, 9.17) is 0 Å². The number of fused-ring (bicyclic) bond motifs is 6. The molecule has 7 rings (SSSR count). The van der Waals surface area contributed by atoms with Crippen LogP contribution in [0.25, 0.3) is 22.9 Å². The molecule has 2 aromatic carbocycles. The van der Waals surface area contributed by atoms with Crippen LogP contribution in [0.5, 0.6) is 0 Å². The van der Waals surface area contributed by atoms with Crippen molar-refractivity contribution in [3.05, 3.63) is 88.1 Å². The highest BCUT2D eigenvalue weighted by Gasteiger charge is 2.34. The summed E-state index contributed by atoms with van der Waals surface area (Å²) in [7, 11) is -4.17. The largest absolute Gasteiger partial charge is 0.301 e. The number of amides is 1. The molecule has 0 saturated heterocycles. The van der Waals surface area contributed by atoms with Gasteiger partial charge in [-0.25, -0.2) is 15.0 Å². The van der Waals surface area contributed by atoms with Crippen LogP contribution in [0.2, 0.25) is 0 Å². The van der Waals surface area contributed by atoms with Crippen LogP contribution in [0.3, 0.4) is 0 Å². The number of benzene rings is 2. The summed E-state index contributed by atoms with van der Waals surface area (Å²) in [5.41, 5.74) is 3.47. The van der Waals surface area contributed by atoms with E-state index < -0.39 is 15.4 Å². The van der Waals surface area contributed by atoms with Gasteiger partial charge in [-0.2, -0.15) is 13.4 Å². The molecule has 3 aromatic rings. The number of nitrogens with zero attached hydrogens (tertiary/aromatic N) is 5. The molecule has 1 aromatic heterocycles. The first-order valence-corrected chi connectivity index (χ1v) is 13.9. The number of carbonyl (C=O) groups excluding carboxylic acids is 1. The van der Waals surface area contributed by atoms with Crippen LogP contribution >= 0.6 is 0 Å². The van der Waals surface area contributed by atoms with Crippen LogP contribution in [-0.4, -0.2) is 53.3 Å². The smallest absolute Gasteiger partial charge is 0.285 e. The van der Waals surface area contributed by atoms with E-state index in [9.17, 15) is 17.8 Å². The van der Waals surface area contributed by atoms with E-state index in [-0.39, 0.29) is 17.5 Å². The lowest BCUT2D eigenvalue weighted by Gasteiger charge is -2.27. The first kappa shape index (κ1) is 24.9. The Kier molecular flexibility index (Phi) is 6.41. The molecule has 9 nitrogen and oxygen atoms in total. The van der Waals surface area contributed by atoms with Gasteiger partial charge in [0.05, 0.1) is 5.25 Å². The Bertz CT molecular complexity index is 1880. The average Bonchev–Trinajstić information content (AvgIpc) is 3.43. The van der Waals surface area contributed by atoms with Crippen LogP contribution in [0, 0.1) is 5.92 Å². The number of allylic oxidation sites excluding steroid dienone is 2. The molecular formula is C29H23N5O4S. The van der Waals surface area contributed by atoms with Gasteiger partial charge >= 0.3 is 5.91 Å². The number of amidine groups is 1. The van der Waals surface area contributed by atoms with Crippen molar-refractivity contribution in [3.63, 3.8) is 0 Å². The van der Waals surface area contributed by atoms with Crippen molar-refractivity contribution in [2.45, 2.75) is 24.5 Å². The highest BCUT2D eigenvalue weighted by molar-refractivity contribution is 7.86. The molecule has 0 radical (unpaired) electrons. The van der Waals surface area contributed by atoms with Gasteiger partial charge in [-0.3, -0.25) is 14.3 Å². The predicted molar refractivity (Wildman–Crippen MR) is 152 cm³/mol. The number of pyridine rings is 1. The van der Waals surface area contributed by atoms with Crippen LogP contribution < -0.4 is 10.4 Å². The second-order valence-corrected chi connectivity index (χ2v) is 11.2. The minimum Gasteiger partial charge on any atom is -0.285 e. The minimum atomic E-state index is -4.17. The molecule has 39 heavy (non-hydrogen) atoms. The van der Waals surface area contributed by atoms with Crippen LogP contribution in [0.1, 0.15) is 16.7 Å². The van der Waals surface area contributed by atoms with Crippen molar-refractivity contribution in [2.24, 2.45) is 25.9 Å². The molecule has 0 bridgehead atoms. The zero-order valence-electron chi connectivity index (χ0n) is 20.7. The quantitative estimate of drug-likeness (QED) is 0.510. The number of aromatic nitrogens is 1. The maximum absolute atomic E-state index is 12.2. The second kappa shape index (κ2) is 10.0. The first-order chi connectivity index (χ1) is 18.9. The Morgan fingerprint density at radius 2 is 1.74 bits per heavy atom. The van der Waals surface area contributed by atoms with Gasteiger partial charge in [-0.1, -0.05) is 54.6 Å². The standard InChI is InChI=1S/C24H21NO3S.C5H2N4O/c26-29(27,28)24-14-18-8-10-21-20-6-2-1-5-17(20)7-9-22(21)23(18)13-19(24)12-16-4-3-11-25-15-16;10-5-3-4(7-1-6-3)8-2-9-5/h1-4,6-11,13,15,19,24H,5,12,14H2,(H,26,27,28);1-2H. The monoisotopic (exact) mass is 537 g/mol. The van der Waals surface area contributed by atoms with Gasteiger partial charge < -0.3 is 0 Å². The fourth-order valence-corrected chi connectivity index (χ4v) is 6.36. The summed E-state index contributed by atoms with van der Waals surface area (Å²) in [6, 6.07) is 12.2. The molecule has 2 atom stereocenters. The molecule has 194 valence electrons. The maximum Gasteiger partial charge on any atom is 0.301 e. The topological polar surface area (TPSA) is 134 Å². The highest BCUT2D eigenvalue weighted by atomic mass is 32.2. The zero-order valence-corrected chi connectivity index (χ0v) is 21.5. The van der Waals surface area contributed by atoms with E-state index in [1.54, 1.807) is 12.4 Å². The number of aliphatic imine (C=N–C) groups is 4. The molecule has 0 spiro atoms. The second-order valence-electron chi connectivity index (χ2n) is 9.55. The number of carbonyl (C=O) groups is 1. The van der Waals surface area contributed by atoms with E-state index in [0.717, 1.165) is 28.2 Å². The summed E-state index contributed by atoms with van der Waals surface area (Å²) in [5, 5.41) is 3.80. The zero-order chi connectivity index (χ0) is 27.0. The van der Waals surface area contributed by atoms with Crippen molar-refractivity contribution in [3.8, 4) is 0 Å². The number of hydrogen-bond donors (Lipinski definition) is 1. The van der Waals surface area contributed by atoms with Gasteiger partial charge in [-0.05, 0) is 63.2 Å². The van der Waals surface area contributed by atoms with Crippen molar-refractivity contribution in [2.75, 3.05) is 0 Å². The van der Waals surface area contributed by atoms with E-state index in [2.05, 4.69) is 61.4 Å². The molecule has 4 aliphatic rings. The van der Waals surface area contributed by atoms with Crippen molar-refractivity contribution in [1.82, 2.24) is 4.98 Å². The van der Waals surface area contributed by atoms with Crippen molar-refractivity contribution < 1.29 is 17.8 Å². The third kappa shape index (κ3) is 4.91. The van der Waals surface area contributed by atoms with Crippen molar-refractivity contribution >= 4 is 63.2 Å². The molecule has 1 amide bonds. The Morgan fingerprint density at radius 1 is 0.949 bits per heavy atom. The molecule has 3 heterocycles. The average molecular weight is 538 g/mol. The molecule has 10 heteroatoms. The molecule has 2 aliphatic heterocycles. The molecule has 0 saturated carbocycles. The predicted octanol–water partition coefficient (Wildman–Crippen LogP) is 2.02. The normalized spacial score (nSPS) is 20.5. The summed E-state index contributed by atoms with van der Waals surface area (Å²) >= 11 is 0. The summed E-state index contributed by atoms with van der Waals surface area (Å²) in [6.07, 6.45) is 16.1. The van der Waals surface area contributed by atoms with E-state index >= 15 is 0 Å². The molecule has 2 aliphatic carbocycles. The van der Waals surface area contributed by atoms with E-state index in [0.29, 0.717) is 18.7 Å².